The molecule has 0 bridgehead atoms. The third-order valence-corrected chi connectivity index (χ3v) is 11.6. The van der Waals surface area contributed by atoms with Crippen LogP contribution >= 0.6 is 11.3 Å². The molecule has 5 aromatic heterocycles. The number of nitrogens with zero attached hydrogens (tertiary/aromatic N) is 4. The molecule has 0 aliphatic rings. The van der Waals surface area contributed by atoms with Crippen molar-refractivity contribution in [2.75, 3.05) is 0 Å². The van der Waals surface area contributed by atoms with E-state index in [1.54, 1.807) is 11.3 Å². The Hall–Kier alpha value is -6.30. The molecule has 49 heavy (non-hydrogen) atoms. The van der Waals surface area contributed by atoms with Crippen LogP contribution in [0.1, 0.15) is 0 Å². The molecule has 0 saturated carbocycles. The second kappa shape index (κ2) is 9.19. The van der Waals surface area contributed by atoms with Crippen molar-refractivity contribution in [3.8, 4) is 17.2 Å². The van der Waals surface area contributed by atoms with Crippen LogP contribution in [0.15, 0.2) is 146 Å². The maximum Gasteiger partial charge on any atom is 0.162 e. The van der Waals surface area contributed by atoms with E-state index < -0.39 is 0 Å². The van der Waals surface area contributed by atoms with Gasteiger partial charge in [0.1, 0.15) is 0 Å². The summed E-state index contributed by atoms with van der Waals surface area (Å²) in [5.74, 6) is 1.65. The summed E-state index contributed by atoms with van der Waals surface area (Å²) in [6.45, 7) is 0. The van der Waals surface area contributed by atoms with Gasteiger partial charge in [0.25, 0.3) is 0 Å². The number of fused-ring (bicyclic) bond motifs is 15. The standard InChI is InChI=1S/C44H24N4S/c1-2-13-26(14-3-1)43-45-40-30-18-8-11-21-36(30)49-42(40)44(46-43)48-33-20-10-7-17-29(33)38-35(48)24-31-28-16-6-9-19-32(28)47-34-23-22-25-12-4-5-15-27(25)37(34)39(38)41(31)47/h1-24H. The number of hydrogen-bond donors (Lipinski definition) is 0. The summed E-state index contributed by atoms with van der Waals surface area (Å²) in [4.78, 5) is 10.7. The van der Waals surface area contributed by atoms with Crippen LogP contribution in [-0.2, 0) is 0 Å². The van der Waals surface area contributed by atoms with E-state index in [-0.39, 0.29) is 0 Å². The Morgan fingerprint density at radius 3 is 2.04 bits per heavy atom. The van der Waals surface area contributed by atoms with E-state index in [2.05, 4.69) is 148 Å². The van der Waals surface area contributed by atoms with Gasteiger partial charge < -0.3 is 4.40 Å². The van der Waals surface area contributed by atoms with Crippen LogP contribution in [0.2, 0.25) is 0 Å². The quantitative estimate of drug-likeness (QED) is 0.188. The maximum atomic E-state index is 5.46. The molecule has 0 aliphatic carbocycles. The zero-order valence-electron chi connectivity index (χ0n) is 26.1. The van der Waals surface area contributed by atoms with Crippen molar-refractivity contribution in [2.45, 2.75) is 0 Å². The molecule has 0 spiro atoms. The highest BCUT2D eigenvalue weighted by molar-refractivity contribution is 7.26. The number of para-hydroxylation sites is 2. The molecule has 12 aromatic rings. The Morgan fingerprint density at radius 1 is 0.469 bits per heavy atom. The summed E-state index contributed by atoms with van der Waals surface area (Å²) in [6, 6.07) is 52.5. The van der Waals surface area contributed by atoms with Gasteiger partial charge in [0.2, 0.25) is 0 Å². The zero-order valence-corrected chi connectivity index (χ0v) is 26.9. The fraction of sp³-hybridized carbons (Fsp3) is 0. The average Bonchev–Trinajstić information content (AvgIpc) is 3.90. The molecule has 0 aliphatic heterocycles. The number of rotatable bonds is 2. The minimum Gasteiger partial charge on any atom is -0.308 e. The van der Waals surface area contributed by atoms with Crippen molar-refractivity contribution in [3.05, 3.63) is 146 Å². The highest BCUT2D eigenvalue weighted by Gasteiger charge is 2.26. The highest BCUT2D eigenvalue weighted by Crippen LogP contribution is 2.49. The molecule has 0 atom stereocenters. The fourth-order valence-corrected chi connectivity index (χ4v) is 9.57. The van der Waals surface area contributed by atoms with E-state index in [0.29, 0.717) is 0 Å². The van der Waals surface area contributed by atoms with Crippen molar-refractivity contribution in [1.29, 1.82) is 0 Å². The summed E-state index contributed by atoms with van der Waals surface area (Å²) in [7, 11) is 0. The van der Waals surface area contributed by atoms with Gasteiger partial charge in [-0.05, 0) is 41.1 Å². The van der Waals surface area contributed by atoms with Crippen molar-refractivity contribution < 1.29 is 0 Å². The summed E-state index contributed by atoms with van der Waals surface area (Å²) in [5.41, 5.74) is 8.05. The lowest BCUT2D eigenvalue weighted by Gasteiger charge is -2.11. The Morgan fingerprint density at radius 2 is 1.16 bits per heavy atom. The first kappa shape index (κ1) is 25.7. The largest absolute Gasteiger partial charge is 0.308 e. The molecule has 7 aromatic carbocycles. The highest BCUT2D eigenvalue weighted by atomic mass is 32.1. The lowest BCUT2D eigenvalue weighted by Crippen LogP contribution is -2.01. The smallest absolute Gasteiger partial charge is 0.162 e. The first-order valence-corrected chi connectivity index (χ1v) is 17.4. The molecule has 0 fully saturated rings. The molecular formula is C44H24N4S. The Bertz CT molecular complexity index is 3330. The predicted molar refractivity (Wildman–Crippen MR) is 207 cm³/mol. The van der Waals surface area contributed by atoms with E-state index in [1.807, 2.05) is 6.07 Å². The minimum absolute atomic E-state index is 0.733. The molecule has 4 nitrogen and oxygen atoms in total. The van der Waals surface area contributed by atoms with E-state index in [0.717, 1.165) is 43.8 Å². The van der Waals surface area contributed by atoms with Crippen molar-refractivity contribution in [2.24, 2.45) is 0 Å². The lowest BCUT2D eigenvalue weighted by atomic mass is 9.98. The molecule has 5 heteroatoms. The fourth-order valence-electron chi connectivity index (χ4n) is 8.45. The monoisotopic (exact) mass is 640 g/mol. The molecule has 0 saturated heterocycles. The topological polar surface area (TPSA) is 35.1 Å². The molecule has 0 amide bonds. The van der Waals surface area contributed by atoms with Gasteiger partial charge >= 0.3 is 0 Å². The predicted octanol–water partition coefficient (Wildman–Crippen LogP) is 11.9. The van der Waals surface area contributed by atoms with E-state index >= 15 is 0 Å². The van der Waals surface area contributed by atoms with Gasteiger partial charge in [-0.3, -0.25) is 4.57 Å². The van der Waals surface area contributed by atoms with Gasteiger partial charge in [-0.15, -0.1) is 11.3 Å². The molecule has 5 heterocycles. The Labute approximate surface area is 283 Å². The first-order chi connectivity index (χ1) is 24.3. The van der Waals surface area contributed by atoms with E-state index in [4.69, 9.17) is 9.97 Å². The second-order valence-corrected chi connectivity index (χ2v) is 14.0. The summed E-state index contributed by atoms with van der Waals surface area (Å²) in [6.07, 6.45) is 0. The number of aromatic nitrogens is 4. The maximum absolute atomic E-state index is 5.46. The number of hydrogen-bond acceptors (Lipinski definition) is 3. The van der Waals surface area contributed by atoms with Crippen LogP contribution in [0.5, 0.6) is 0 Å². The lowest BCUT2D eigenvalue weighted by molar-refractivity contribution is 1.08. The van der Waals surface area contributed by atoms with Crippen LogP contribution < -0.4 is 0 Å². The third-order valence-electron chi connectivity index (χ3n) is 10.4. The molecule has 12 rings (SSSR count). The van der Waals surface area contributed by atoms with Crippen LogP contribution in [0.3, 0.4) is 0 Å². The molecule has 226 valence electrons. The van der Waals surface area contributed by atoms with Crippen LogP contribution in [0, 0.1) is 0 Å². The Balaban J connectivity index is 1.36. The summed E-state index contributed by atoms with van der Waals surface area (Å²) in [5, 5.41) is 11.3. The van der Waals surface area contributed by atoms with E-state index in [1.165, 1.54) is 64.3 Å². The normalized spacial score (nSPS) is 12.5. The van der Waals surface area contributed by atoms with Crippen LogP contribution in [-0.4, -0.2) is 18.9 Å². The van der Waals surface area contributed by atoms with Crippen molar-refractivity contribution >= 4 is 102 Å². The first-order valence-electron chi connectivity index (χ1n) is 16.6. The van der Waals surface area contributed by atoms with Gasteiger partial charge in [0.15, 0.2) is 11.6 Å². The summed E-state index contributed by atoms with van der Waals surface area (Å²) < 4.78 is 7.22. The van der Waals surface area contributed by atoms with Gasteiger partial charge in [0, 0.05) is 48.0 Å². The van der Waals surface area contributed by atoms with E-state index in [9.17, 15) is 0 Å². The van der Waals surface area contributed by atoms with Gasteiger partial charge in [-0.1, -0.05) is 115 Å². The molecular weight excluding hydrogens is 617 g/mol. The van der Waals surface area contributed by atoms with Crippen molar-refractivity contribution in [3.63, 3.8) is 0 Å². The van der Waals surface area contributed by atoms with Crippen LogP contribution in [0.4, 0.5) is 0 Å². The third kappa shape index (κ3) is 3.23. The average molecular weight is 641 g/mol. The number of thiophene rings is 1. The number of benzene rings is 7. The Kier molecular flexibility index (Phi) is 4.83. The molecule has 0 N–H and O–H groups in total. The summed E-state index contributed by atoms with van der Waals surface area (Å²) >= 11 is 1.78. The zero-order chi connectivity index (χ0) is 31.8. The van der Waals surface area contributed by atoms with Crippen LogP contribution in [0.25, 0.3) is 108 Å². The molecule has 0 radical (unpaired) electrons. The minimum atomic E-state index is 0.733. The molecule has 0 unspecified atom stereocenters. The van der Waals surface area contributed by atoms with Gasteiger partial charge in [0.05, 0.1) is 37.8 Å². The van der Waals surface area contributed by atoms with Gasteiger partial charge in [-0.25, -0.2) is 9.97 Å². The van der Waals surface area contributed by atoms with Gasteiger partial charge in [-0.2, -0.15) is 0 Å². The second-order valence-electron chi connectivity index (χ2n) is 12.9. The van der Waals surface area contributed by atoms with Crippen molar-refractivity contribution in [1.82, 2.24) is 18.9 Å². The SMILES string of the molecule is c1ccc(-c2nc(-n3c4ccccc4c4c5c6c7ccccc7ccc6n6c7ccccc7c(cc43)c56)c3sc4ccccc4c3n2)cc1.